The van der Waals surface area contributed by atoms with Crippen LogP contribution in [0.1, 0.15) is 31.4 Å². The molecule has 0 amide bonds. The minimum atomic E-state index is 0.184. The number of hydrogen-bond donors (Lipinski definition) is 1. The Labute approximate surface area is 112 Å². The lowest BCUT2D eigenvalue weighted by Crippen LogP contribution is -2.23. The van der Waals surface area contributed by atoms with E-state index in [2.05, 4.69) is 52.4 Å². The van der Waals surface area contributed by atoms with E-state index in [0.29, 0.717) is 0 Å². The maximum atomic E-state index is 6.02. The Morgan fingerprint density at radius 2 is 2.06 bits per heavy atom. The summed E-state index contributed by atoms with van der Waals surface area (Å²) in [6, 6.07) is 8.43. The molecule has 1 aliphatic carbocycles. The van der Waals surface area contributed by atoms with Crippen molar-refractivity contribution in [2.24, 2.45) is 5.92 Å². The molecule has 0 radical (unpaired) electrons. The lowest BCUT2D eigenvalue weighted by molar-refractivity contribution is 0.0456. The fourth-order valence-corrected chi connectivity index (χ4v) is 2.03. The first-order chi connectivity index (χ1) is 8.29. The molecule has 2 nitrogen and oxygen atoms in total. The van der Waals surface area contributed by atoms with Crippen LogP contribution in [0.3, 0.4) is 0 Å². The third kappa shape index (κ3) is 4.41. The Morgan fingerprint density at radius 1 is 1.35 bits per heavy atom. The highest BCUT2D eigenvalue weighted by atomic mass is 79.9. The second-order valence-electron chi connectivity index (χ2n) is 4.62. The normalized spacial score (nSPS) is 17.1. The number of benzene rings is 1. The smallest absolute Gasteiger partial charge is 0.0949 e. The highest BCUT2D eigenvalue weighted by molar-refractivity contribution is 9.10. The quantitative estimate of drug-likeness (QED) is 0.831. The van der Waals surface area contributed by atoms with Crippen molar-refractivity contribution in [1.82, 2.24) is 5.32 Å². The summed E-state index contributed by atoms with van der Waals surface area (Å²) in [5.41, 5.74) is 1.26. The number of ether oxygens (including phenoxy) is 1. The van der Waals surface area contributed by atoms with Gasteiger partial charge < -0.3 is 10.1 Å². The molecule has 1 N–H and O–H groups in total. The van der Waals surface area contributed by atoms with Crippen molar-refractivity contribution in [3.8, 4) is 0 Å². The van der Waals surface area contributed by atoms with Gasteiger partial charge in [-0.1, -0.05) is 35.0 Å². The number of hydrogen-bond acceptors (Lipinski definition) is 2. The van der Waals surface area contributed by atoms with Gasteiger partial charge in [0.25, 0.3) is 0 Å². The minimum absolute atomic E-state index is 0.184. The lowest BCUT2D eigenvalue weighted by Gasteiger charge is -2.18. The van der Waals surface area contributed by atoms with Gasteiger partial charge in [-0.3, -0.25) is 0 Å². The van der Waals surface area contributed by atoms with E-state index in [1.165, 1.54) is 18.4 Å². The highest BCUT2D eigenvalue weighted by Crippen LogP contribution is 2.31. The second kappa shape index (κ2) is 6.53. The first-order valence-corrected chi connectivity index (χ1v) is 7.16. The average molecular weight is 298 g/mol. The second-order valence-corrected chi connectivity index (χ2v) is 5.54. The molecule has 0 bridgehead atoms. The first-order valence-electron chi connectivity index (χ1n) is 6.37. The molecule has 0 aromatic heterocycles. The molecule has 3 heteroatoms. The molecule has 0 heterocycles. The maximum absolute atomic E-state index is 6.02. The Morgan fingerprint density at radius 3 is 2.65 bits per heavy atom. The van der Waals surface area contributed by atoms with Crippen LogP contribution in [0.4, 0.5) is 0 Å². The SMILES string of the molecule is CCNCC(OCC1CC1)c1ccc(Br)cc1. The van der Waals surface area contributed by atoms with E-state index in [0.717, 1.165) is 30.1 Å². The van der Waals surface area contributed by atoms with Crippen LogP contribution in [0, 0.1) is 5.92 Å². The molecule has 1 saturated carbocycles. The van der Waals surface area contributed by atoms with E-state index in [-0.39, 0.29) is 6.10 Å². The van der Waals surface area contributed by atoms with Gasteiger partial charge in [0.05, 0.1) is 12.7 Å². The van der Waals surface area contributed by atoms with E-state index >= 15 is 0 Å². The van der Waals surface area contributed by atoms with Gasteiger partial charge >= 0.3 is 0 Å². The first kappa shape index (κ1) is 13.1. The predicted molar refractivity (Wildman–Crippen MR) is 74.1 cm³/mol. The monoisotopic (exact) mass is 297 g/mol. The van der Waals surface area contributed by atoms with Gasteiger partial charge in [-0.05, 0) is 43.0 Å². The Hall–Kier alpha value is -0.380. The van der Waals surface area contributed by atoms with Crippen molar-refractivity contribution in [3.05, 3.63) is 34.3 Å². The van der Waals surface area contributed by atoms with Crippen molar-refractivity contribution in [2.75, 3.05) is 19.7 Å². The van der Waals surface area contributed by atoms with Crippen LogP contribution in [0.15, 0.2) is 28.7 Å². The molecule has 1 atom stereocenters. The summed E-state index contributed by atoms with van der Waals surface area (Å²) >= 11 is 3.46. The molecule has 17 heavy (non-hydrogen) atoms. The molecule has 1 aromatic carbocycles. The van der Waals surface area contributed by atoms with Crippen LogP contribution in [-0.4, -0.2) is 19.7 Å². The maximum Gasteiger partial charge on any atom is 0.0949 e. The Balaban J connectivity index is 1.93. The van der Waals surface area contributed by atoms with Crippen molar-refractivity contribution in [2.45, 2.75) is 25.9 Å². The molecule has 0 spiro atoms. The van der Waals surface area contributed by atoms with Gasteiger partial charge in [0.15, 0.2) is 0 Å². The molecule has 0 aliphatic heterocycles. The van der Waals surface area contributed by atoms with Gasteiger partial charge in [0.1, 0.15) is 0 Å². The van der Waals surface area contributed by atoms with Crippen molar-refractivity contribution in [1.29, 1.82) is 0 Å². The highest BCUT2D eigenvalue weighted by Gasteiger charge is 2.23. The van der Waals surface area contributed by atoms with Crippen LogP contribution in [0.5, 0.6) is 0 Å². The number of rotatable bonds is 7. The summed E-state index contributed by atoms with van der Waals surface area (Å²) in [6.07, 6.45) is 2.87. The largest absolute Gasteiger partial charge is 0.372 e. The van der Waals surface area contributed by atoms with Gasteiger partial charge in [-0.25, -0.2) is 0 Å². The van der Waals surface area contributed by atoms with E-state index < -0.39 is 0 Å². The molecule has 1 aliphatic rings. The van der Waals surface area contributed by atoms with Crippen molar-refractivity contribution in [3.63, 3.8) is 0 Å². The lowest BCUT2D eigenvalue weighted by atomic mass is 10.1. The molecule has 2 rings (SSSR count). The van der Waals surface area contributed by atoms with Gasteiger partial charge in [-0.15, -0.1) is 0 Å². The summed E-state index contributed by atoms with van der Waals surface area (Å²) in [4.78, 5) is 0. The van der Waals surface area contributed by atoms with Crippen molar-refractivity contribution < 1.29 is 4.74 Å². The predicted octanol–water partition coefficient (Wildman–Crippen LogP) is 3.53. The van der Waals surface area contributed by atoms with Crippen molar-refractivity contribution >= 4 is 15.9 Å². The van der Waals surface area contributed by atoms with E-state index in [1.807, 2.05) is 0 Å². The number of halogens is 1. The standard InChI is InChI=1S/C14H20BrNO/c1-2-16-9-14(17-10-11-3-4-11)12-5-7-13(15)8-6-12/h5-8,11,14,16H,2-4,9-10H2,1H3. The van der Waals surface area contributed by atoms with E-state index in [9.17, 15) is 0 Å². The van der Waals surface area contributed by atoms with Crippen LogP contribution < -0.4 is 5.32 Å². The number of nitrogens with one attached hydrogen (secondary N) is 1. The molecule has 1 aromatic rings. The molecule has 1 unspecified atom stereocenters. The Bertz CT molecular complexity index is 335. The zero-order valence-corrected chi connectivity index (χ0v) is 11.9. The summed E-state index contributed by atoms with van der Waals surface area (Å²) in [5, 5.41) is 3.37. The summed E-state index contributed by atoms with van der Waals surface area (Å²) in [5.74, 6) is 0.814. The topological polar surface area (TPSA) is 21.3 Å². The summed E-state index contributed by atoms with van der Waals surface area (Å²) in [6.45, 7) is 4.91. The van der Waals surface area contributed by atoms with Crippen LogP contribution >= 0.6 is 15.9 Å². The minimum Gasteiger partial charge on any atom is -0.372 e. The van der Waals surface area contributed by atoms with E-state index in [4.69, 9.17) is 4.74 Å². The van der Waals surface area contributed by atoms with Crippen LogP contribution in [0.25, 0.3) is 0 Å². The molecular weight excluding hydrogens is 278 g/mol. The Kier molecular flexibility index (Phi) is 5.01. The zero-order valence-electron chi connectivity index (χ0n) is 10.3. The average Bonchev–Trinajstić information content (AvgIpc) is 3.15. The van der Waals surface area contributed by atoms with Gasteiger partial charge in [-0.2, -0.15) is 0 Å². The van der Waals surface area contributed by atoms with E-state index in [1.54, 1.807) is 0 Å². The van der Waals surface area contributed by atoms with Gasteiger partial charge in [0, 0.05) is 11.0 Å². The fourth-order valence-electron chi connectivity index (χ4n) is 1.76. The molecule has 1 fully saturated rings. The fraction of sp³-hybridized carbons (Fsp3) is 0.571. The molecule has 94 valence electrons. The third-order valence-electron chi connectivity index (χ3n) is 3.05. The third-order valence-corrected chi connectivity index (χ3v) is 3.58. The zero-order chi connectivity index (χ0) is 12.1. The summed E-state index contributed by atoms with van der Waals surface area (Å²) < 4.78 is 7.13. The van der Waals surface area contributed by atoms with Gasteiger partial charge in [0.2, 0.25) is 0 Å². The molecular formula is C14H20BrNO. The van der Waals surface area contributed by atoms with Crippen LogP contribution in [0.2, 0.25) is 0 Å². The van der Waals surface area contributed by atoms with Crippen LogP contribution in [-0.2, 0) is 4.74 Å². The number of likely N-dealkylation sites (N-methyl/N-ethyl adjacent to an activating group) is 1. The summed E-state index contributed by atoms with van der Waals surface area (Å²) in [7, 11) is 0. The molecule has 0 saturated heterocycles.